The first-order valence-corrected chi connectivity index (χ1v) is 7.92. The lowest BCUT2D eigenvalue weighted by Gasteiger charge is -2.37. The second kappa shape index (κ2) is 5.94. The standard InChI is InChI=1S/C15H21BrClN/c1-2-11-5-7-15(18,8-6-11)10-12-3-4-13(16)9-14(12)17/h3-4,9,11H,2,5-8,10,18H2,1H3. The van der Waals surface area contributed by atoms with Gasteiger partial charge in [0.25, 0.3) is 0 Å². The van der Waals surface area contributed by atoms with Gasteiger partial charge in [-0.15, -0.1) is 0 Å². The molecule has 0 spiro atoms. The van der Waals surface area contributed by atoms with E-state index in [1.807, 2.05) is 12.1 Å². The van der Waals surface area contributed by atoms with E-state index in [1.54, 1.807) is 0 Å². The van der Waals surface area contributed by atoms with Gasteiger partial charge < -0.3 is 5.73 Å². The fourth-order valence-electron chi connectivity index (χ4n) is 2.88. The van der Waals surface area contributed by atoms with Crippen molar-refractivity contribution in [2.75, 3.05) is 0 Å². The highest BCUT2D eigenvalue weighted by Gasteiger charge is 2.31. The fourth-order valence-corrected chi connectivity index (χ4v) is 3.62. The minimum Gasteiger partial charge on any atom is -0.325 e. The largest absolute Gasteiger partial charge is 0.325 e. The third-order valence-electron chi connectivity index (χ3n) is 4.24. The monoisotopic (exact) mass is 329 g/mol. The predicted octanol–water partition coefficient (Wildman–Crippen LogP) is 4.94. The van der Waals surface area contributed by atoms with E-state index in [0.717, 1.165) is 34.7 Å². The zero-order valence-electron chi connectivity index (χ0n) is 10.9. The van der Waals surface area contributed by atoms with Crippen LogP contribution in [0.15, 0.2) is 22.7 Å². The molecule has 1 aromatic rings. The fraction of sp³-hybridized carbons (Fsp3) is 0.600. The van der Waals surface area contributed by atoms with E-state index in [4.69, 9.17) is 17.3 Å². The molecule has 0 radical (unpaired) electrons. The molecule has 1 aliphatic rings. The molecule has 0 amide bonds. The van der Waals surface area contributed by atoms with Crippen LogP contribution in [0.2, 0.25) is 5.02 Å². The molecule has 2 N–H and O–H groups in total. The molecular weight excluding hydrogens is 310 g/mol. The molecule has 3 heteroatoms. The van der Waals surface area contributed by atoms with Gasteiger partial charge in [-0.2, -0.15) is 0 Å². The molecule has 0 heterocycles. The second-order valence-electron chi connectivity index (χ2n) is 5.63. The van der Waals surface area contributed by atoms with Crippen LogP contribution in [0.3, 0.4) is 0 Å². The zero-order valence-corrected chi connectivity index (χ0v) is 13.2. The Kier molecular flexibility index (Phi) is 4.74. The molecule has 100 valence electrons. The van der Waals surface area contributed by atoms with Gasteiger partial charge in [-0.25, -0.2) is 0 Å². The van der Waals surface area contributed by atoms with E-state index >= 15 is 0 Å². The molecule has 0 unspecified atom stereocenters. The molecule has 0 atom stereocenters. The maximum Gasteiger partial charge on any atom is 0.0449 e. The molecular formula is C15H21BrClN. The van der Waals surface area contributed by atoms with Crippen LogP contribution in [0.25, 0.3) is 0 Å². The van der Waals surface area contributed by atoms with E-state index < -0.39 is 0 Å². The van der Waals surface area contributed by atoms with Gasteiger partial charge in [0.1, 0.15) is 0 Å². The Balaban J connectivity index is 2.04. The molecule has 1 aliphatic carbocycles. The van der Waals surface area contributed by atoms with Crippen molar-refractivity contribution in [1.29, 1.82) is 0 Å². The maximum absolute atomic E-state index is 6.54. The van der Waals surface area contributed by atoms with Crippen molar-refractivity contribution in [2.24, 2.45) is 11.7 Å². The van der Waals surface area contributed by atoms with Crippen molar-refractivity contribution in [3.8, 4) is 0 Å². The lowest BCUT2D eigenvalue weighted by atomic mass is 9.73. The van der Waals surface area contributed by atoms with E-state index in [2.05, 4.69) is 28.9 Å². The predicted molar refractivity (Wildman–Crippen MR) is 82.0 cm³/mol. The summed E-state index contributed by atoms with van der Waals surface area (Å²) in [6.45, 7) is 2.28. The Bertz CT molecular complexity index is 411. The maximum atomic E-state index is 6.54. The summed E-state index contributed by atoms with van der Waals surface area (Å²) in [7, 11) is 0. The average Bonchev–Trinajstić information content (AvgIpc) is 2.34. The van der Waals surface area contributed by atoms with Gasteiger partial charge in [-0.3, -0.25) is 0 Å². The molecule has 0 aliphatic heterocycles. The lowest BCUT2D eigenvalue weighted by molar-refractivity contribution is 0.228. The highest BCUT2D eigenvalue weighted by atomic mass is 79.9. The van der Waals surface area contributed by atoms with Crippen molar-refractivity contribution in [1.82, 2.24) is 0 Å². The molecule has 0 bridgehead atoms. The van der Waals surface area contributed by atoms with Crippen molar-refractivity contribution in [3.63, 3.8) is 0 Å². The first-order chi connectivity index (χ1) is 8.52. The second-order valence-corrected chi connectivity index (χ2v) is 6.95. The Morgan fingerprint density at radius 2 is 2.06 bits per heavy atom. The van der Waals surface area contributed by atoms with Crippen molar-refractivity contribution in [2.45, 2.75) is 51.0 Å². The Morgan fingerprint density at radius 1 is 1.39 bits per heavy atom. The zero-order chi connectivity index (χ0) is 13.2. The molecule has 2 rings (SSSR count). The summed E-state index contributed by atoms with van der Waals surface area (Å²) >= 11 is 9.72. The molecule has 1 aromatic carbocycles. The minimum atomic E-state index is -0.0524. The third kappa shape index (κ3) is 3.49. The van der Waals surface area contributed by atoms with E-state index in [9.17, 15) is 0 Å². The van der Waals surface area contributed by atoms with Crippen LogP contribution in [-0.4, -0.2) is 5.54 Å². The first-order valence-electron chi connectivity index (χ1n) is 6.75. The summed E-state index contributed by atoms with van der Waals surface area (Å²) in [5.74, 6) is 0.877. The topological polar surface area (TPSA) is 26.0 Å². The smallest absolute Gasteiger partial charge is 0.0449 e. The van der Waals surface area contributed by atoms with Crippen molar-refractivity contribution >= 4 is 27.5 Å². The van der Waals surface area contributed by atoms with Crippen LogP contribution in [0.5, 0.6) is 0 Å². The van der Waals surface area contributed by atoms with Crippen LogP contribution < -0.4 is 5.73 Å². The quantitative estimate of drug-likeness (QED) is 0.834. The van der Waals surface area contributed by atoms with Crippen molar-refractivity contribution in [3.05, 3.63) is 33.3 Å². The van der Waals surface area contributed by atoms with Gasteiger partial charge in [0.2, 0.25) is 0 Å². The molecule has 18 heavy (non-hydrogen) atoms. The van der Waals surface area contributed by atoms with Gasteiger partial charge in [0, 0.05) is 15.0 Å². The number of nitrogens with two attached hydrogens (primary N) is 1. The Hall–Kier alpha value is -0.0500. The molecule has 1 saturated carbocycles. The number of hydrogen-bond donors (Lipinski definition) is 1. The summed E-state index contributed by atoms with van der Waals surface area (Å²) < 4.78 is 1.03. The summed E-state index contributed by atoms with van der Waals surface area (Å²) in [6.07, 6.45) is 6.96. The Labute approximate surface area is 123 Å². The van der Waals surface area contributed by atoms with Gasteiger partial charge >= 0.3 is 0 Å². The number of rotatable bonds is 3. The number of hydrogen-bond acceptors (Lipinski definition) is 1. The highest BCUT2D eigenvalue weighted by molar-refractivity contribution is 9.10. The van der Waals surface area contributed by atoms with Crippen LogP contribution in [0, 0.1) is 5.92 Å². The summed E-state index contributed by atoms with van der Waals surface area (Å²) in [5, 5.41) is 0.826. The summed E-state index contributed by atoms with van der Waals surface area (Å²) in [6, 6.07) is 6.09. The third-order valence-corrected chi connectivity index (χ3v) is 5.08. The lowest BCUT2D eigenvalue weighted by Crippen LogP contribution is -2.45. The van der Waals surface area contributed by atoms with Crippen LogP contribution >= 0.6 is 27.5 Å². The van der Waals surface area contributed by atoms with Crippen LogP contribution in [0.4, 0.5) is 0 Å². The summed E-state index contributed by atoms with van der Waals surface area (Å²) in [5.41, 5.74) is 7.67. The minimum absolute atomic E-state index is 0.0524. The van der Waals surface area contributed by atoms with Gasteiger partial charge in [0.05, 0.1) is 0 Å². The van der Waals surface area contributed by atoms with Gasteiger partial charge in [0.15, 0.2) is 0 Å². The van der Waals surface area contributed by atoms with E-state index in [-0.39, 0.29) is 5.54 Å². The Morgan fingerprint density at radius 3 is 2.61 bits per heavy atom. The number of halogens is 2. The van der Waals surface area contributed by atoms with E-state index in [0.29, 0.717) is 0 Å². The molecule has 0 aromatic heterocycles. The number of benzene rings is 1. The normalized spacial score (nSPS) is 28.3. The molecule has 1 nitrogen and oxygen atoms in total. The van der Waals surface area contributed by atoms with Gasteiger partial charge in [-0.1, -0.05) is 46.9 Å². The van der Waals surface area contributed by atoms with Crippen LogP contribution in [0.1, 0.15) is 44.6 Å². The molecule has 1 fully saturated rings. The van der Waals surface area contributed by atoms with E-state index in [1.165, 1.54) is 24.8 Å². The van der Waals surface area contributed by atoms with Crippen LogP contribution in [-0.2, 0) is 6.42 Å². The SMILES string of the molecule is CCC1CCC(N)(Cc2ccc(Br)cc2Cl)CC1. The molecule has 0 saturated heterocycles. The van der Waals surface area contributed by atoms with Gasteiger partial charge in [-0.05, 0) is 55.7 Å². The average molecular weight is 331 g/mol. The summed E-state index contributed by atoms with van der Waals surface area (Å²) in [4.78, 5) is 0. The highest BCUT2D eigenvalue weighted by Crippen LogP contribution is 2.35. The first kappa shape index (κ1) is 14.4. The van der Waals surface area contributed by atoms with Crippen molar-refractivity contribution < 1.29 is 0 Å².